The summed E-state index contributed by atoms with van der Waals surface area (Å²) >= 11 is 5.87. The van der Waals surface area contributed by atoms with Crippen LogP contribution < -0.4 is 5.32 Å². The lowest BCUT2D eigenvalue weighted by Gasteiger charge is -2.25. The van der Waals surface area contributed by atoms with Crippen LogP contribution in [-0.4, -0.2) is 44.0 Å². The third-order valence-corrected chi connectivity index (χ3v) is 6.27. The molecule has 7 nitrogen and oxygen atoms in total. The zero-order chi connectivity index (χ0) is 19.0. The molecule has 1 N–H and O–H groups in total. The van der Waals surface area contributed by atoms with E-state index in [0.29, 0.717) is 42.4 Å². The highest BCUT2D eigenvalue weighted by Gasteiger charge is 2.27. The molecule has 0 amide bonds. The Hall–Kier alpha value is -2.20. The van der Waals surface area contributed by atoms with Gasteiger partial charge >= 0.3 is 0 Å². The number of fused-ring (bicyclic) bond motifs is 1. The second kappa shape index (κ2) is 7.08. The maximum atomic E-state index is 13.9. The first-order valence-corrected chi connectivity index (χ1v) is 9.96. The van der Waals surface area contributed by atoms with Gasteiger partial charge in [0.15, 0.2) is 5.58 Å². The average molecular weight is 412 g/mol. The molecule has 10 heteroatoms. The van der Waals surface area contributed by atoms with Crippen LogP contribution in [0, 0.1) is 5.82 Å². The van der Waals surface area contributed by atoms with Crippen LogP contribution >= 0.6 is 11.6 Å². The summed E-state index contributed by atoms with van der Waals surface area (Å²) in [6.07, 6.45) is 0. The summed E-state index contributed by atoms with van der Waals surface area (Å²) in [6.45, 7) is 1.34. The molecular formula is C17H15ClFN3O4S. The Labute approximate surface area is 159 Å². The molecule has 4 rings (SSSR count). The monoisotopic (exact) mass is 411 g/mol. The second-order valence-electron chi connectivity index (χ2n) is 5.91. The molecule has 2 aromatic carbocycles. The third kappa shape index (κ3) is 3.63. The van der Waals surface area contributed by atoms with Crippen molar-refractivity contribution < 1.29 is 22.0 Å². The molecule has 142 valence electrons. The van der Waals surface area contributed by atoms with E-state index in [4.69, 9.17) is 20.8 Å². The maximum absolute atomic E-state index is 13.9. The molecule has 0 bridgehead atoms. The Morgan fingerprint density at radius 2 is 1.93 bits per heavy atom. The van der Waals surface area contributed by atoms with E-state index in [-0.39, 0.29) is 16.6 Å². The molecular weight excluding hydrogens is 397 g/mol. The lowest BCUT2D eigenvalue weighted by atomic mass is 10.3. The van der Waals surface area contributed by atoms with Crippen molar-refractivity contribution in [3.05, 3.63) is 47.2 Å². The van der Waals surface area contributed by atoms with Gasteiger partial charge in [-0.25, -0.2) is 12.8 Å². The van der Waals surface area contributed by atoms with Gasteiger partial charge in [-0.3, -0.25) is 0 Å². The molecule has 1 aromatic heterocycles. The molecule has 3 aromatic rings. The number of halogens is 2. The summed E-state index contributed by atoms with van der Waals surface area (Å²) in [5, 5.41) is 3.07. The molecule has 0 saturated carbocycles. The summed E-state index contributed by atoms with van der Waals surface area (Å²) in [5.74, 6) is -0.516. The SMILES string of the molecule is O=S(=O)(c1ccc2oc(Nc3cc(Cl)ccc3F)nc2c1)N1CCOCC1. The van der Waals surface area contributed by atoms with Gasteiger partial charge in [0.2, 0.25) is 10.0 Å². The van der Waals surface area contributed by atoms with Gasteiger partial charge in [-0.15, -0.1) is 0 Å². The van der Waals surface area contributed by atoms with Gasteiger partial charge in [-0.05, 0) is 36.4 Å². The second-order valence-corrected chi connectivity index (χ2v) is 8.29. The Balaban J connectivity index is 1.65. The summed E-state index contributed by atoms with van der Waals surface area (Å²) < 4.78 is 51.4. The lowest BCUT2D eigenvalue weighted by molar-refractivity contribution is 0.0730. The number of ether oxygens (including phenoxy) is 1. The normalized spacial score (nSPS) is 15.9. The predicted molar refractivity (Wildman–Crippen MR) is 98.3 cm³/mol. The van der Waals surface area contributed by atoms with E-state index in [0.717, 1.165) is 0 Å². The smallest absolute Gasteiger partial charge is 0.300 e. The largest absolute Gasteiger partial charge is 0.423 e. The van der Waals surface area contributed by atoms with Gasteiger partial charge in [-0.1, -0.05) is 11.6 Å². The van der Waals surface area contributed by atoms with Crippen molar-refractivity contribution in [3.63, 3.8) is 0 Å². The van der Waals surface area contributed by atoms with Crippen LogP contribution in [0.2, 0.25) is 5.02 Å². The van der Waals surface area contributed by atoms with Gasteiger partial charge in [0.05, 0.1) is 23.8 Å². The maximum Gasteiger partial charge on any atom is 0.300 e. The molecule has 1 fully saturated rings. The fourth-order valence-electron chi connectivity index (χ4n) is 2.77. The molecule has 0 aliphatic carbocycles. The number of morpholine rings is 1. The van der Waals surface area contributed by atoms with E-state index < -0.39 is 15.8 Å². The number of anilines is 2. The summed E-state index contributed by atoms with van der Waals surface area (Å²) in [7, 11) is -3.64. The highest BCUT2D eigenvalue weighted by molar-refractivity contribution is 7.89. The first-order valence-electron chi connectivity index (χ1n) is 8.14. The number of nitrogens with zero attached hydrogens (tertiary/aromatic N) is 2. The van der Waals surface area contributed by atoms with Gasteiger partial charge in [0, 0.05) is 18.1 Å². The minimum Gasteiger partial charge on any atom is -0.423 e. The van der Waals surface area contributed by atoms with E-state index in [9.17, 15) is 12.8 Å². The molecule has 1 aliphatic heterocycles. The van der Waals surface area contributed by atoms with Gasteiger partial charge in [-0.2, -0.15) is 9.29 Å². The molecule has 2 heterocycles. The van der Waals surface area contributed by atoms with E-state index in [1.54, 1.807) is 0 Å². The number of aromatic nitrogens is 1. The molecule has 0 spiro atoms. The number of nitrogens with one attached hydrogen (secondary N) is 1. The summed E-state index contributed by atoms with van der Waals surface area (Å²) in [4.78, 5) is 4.32. The topological polar surface area (TPSA) is 84.7 Å². The van der Waals surface area contributed by atoms with Gasteiger partial charge in [0.1, 0.15) is 11.3 Å². The van der Waals surface area contributed by atoms with Crippen LogP contribution in [0.5, 0.6) is 0 Å². The fraction of sp³-hybridized carbons (Fsp3) is 0.235. The van der Waals surface area contributed by atoms with Crippen LogP contribution in [0.1, 0.15) is 0 Å². The standard InChI is InChI=1S/C17H15ClFN3O4S/c18-11-1-3-13(19)14(9-11)20-17-21-15-10-12(2-4-16(15)26-17)27(23,24)22-5-7-25-8-6-22/h1-4,9-10H,5-8H2,(H,20,21). The lowest BCUT2D eigenvalue weighted by Crippen LogP contribution is -2.40. The molecule has 0 atom stereocenters. The number of rotatable bonds is 4. The Morgan fingerprint density at radius 1 is 1.15 bits per heavy atom. The van der Waals surface area contributed by atoms with Crippen molar-refractivity contribution in [3.8, 4) is 0 Å². The quantitative estimate of drug-likeness (QED) is 0.708. The summed E-state index contributed by atoms with van der Waals surface area (Å²) in [5.41, 5.74) is 0.824. The number of hydrogen-bond donors (Lipinski definition) is 1. The van der Waals surface area contributed by atoms with Gasteiger partial charge in [0.25, 0.3) is 6.01 Å². The zero-order valence-corrected chi connectivity index (χ0v) is 15.6. The van der Waals surface area contributed by atoms with Crippen LogP contribution in [0.25, 0.3) is 11.1 Å². The molecule has 27 heavy (non-hydrogen) atoms. The molecule has 1 aliphatic rings. The van der Waals surface area contributed by atoms with Crippen LogP contribution in [-0.2, 0) is 14.8 Å². The minimum atomic E-state index is -3.64. The number of benzene rings is 2. The van der Waals surface area contributed by atoms with E-state index >= 15 is 0 Å². The van der Waals surface area contributed by atoms with Gasteiger partial charge < -0.3 is 14.5 Å². The Morgan fingerprint density at radius 3 is 2.70 bits per heavy atom. The number of hydrogen-bond acceptors (Lipinski definition) is 6. The highest BCUT2D eigenvalue weighted by atomic mass is 35.5. The van der Waals surface area contributed by atoms with Crippen LogP contribution in [0.15, 0.2) is 45.7 Å². The first kappa shape index (κ1) is 18.2. The molecule has 0 unspecified atom stereocenters. The van der Waals surface area contributed by atoms with Crippen LogP contribution in [0.3, 0.4) is 0 Å². The Kier molecular flexibility index (Phi) is 4.77. The van der Waals surface area contributed by atoms with Crippen molar-refractivity contribution in [2.24, 2.45) is 0 Å². The summed E-state index contributed by atoms with van der Waals surface area (Å²) in [6, 6.07) is 8.50. The predicted octanol–water partition coefficient (Wildman–Crippen LogP) is 3.38. The van der Waals surface area contributed by atoms with Crippen molar-refractivity contribution in [2.45, 2.75) is 4.90 Å². The first-order chi connectivity index (χ1) is 12.9. The Bertz CT molecular complexity index is 1100. The van der Waals surface area contributed by atoms with E-state index in [2.05, 4.69) is 10.3 Å². The minimum absolute atomic E-state index is 0.0343. The van der Waals surface area contributed by atoms with Crippen LogP contribution in [0.4, 0.5) is 16.1 Å². The highest BCUT2D eigenvalue weighted by Crippen LogP contribution is 2.28. The van der Waals surface area contributed by atoms with Crippen molar-refractivity contribution in [2.75, 3.05) is 31.6 Å². The van der Waals surface area contributed by atoms with Crippen molar-refractivity contribution in [1.82, 2.24) is 9.29 Å². The van der Waals surface area contributed by atoms with Crippen molar-refractivity contribution >= 4 is 44.4 Å². The van der Waals surface area contributed by atoms with E-state index in [1.165, 1.54) is 40.7 Å². The third-order valence-electron chi connectivity index (χ3n) is 4.14. The fourth-order valence-corrected chi connectivity index (χ4v) is 4.37. The molecule has 1 saturated heterocycles. The van der Waals surface area contributed by atoms with Crippen molar-refractivity contribution in [1.29, 1.82) is 0 Å². The number of sulfonamides is 1. The molecule has 0 radical (unpaired) electrons. The van der Waals surface area contributed by atoms with E-state index in [1.807, 2.05) is 0 Å². The number of oxazole rings is 1. The zero-order valence-electron chi connectivity index (χ0n) is 14.0. The average Bonchev–Trinajstić information content (AvgIpc) is 3.07.